The number of hydrogen-bond acceptors (Lipinski definition) is 10. The Kier molecular flexibility index (Phi) is 7.64. The third kappa shape index (κ3) is 4.75. The molecule has 0 aromatic heterocycles. The van der Waals surface area contributed by atoms with Crippen molar-refractivity contribution in [2.75, 3.05) is 21.2 Å². The minimum absolute atomic E-state index is 0.0181. The molecule has 0 bridgehead atoms. The Morgan fingerprint density at radius 1 is 1.14 bits per heavy atom. The summed E-state index contributed by atoms with van der Waals surface area (Å²) in [5.74, 6) is -6.11. The van der Waals surface area contributed by atoms with Crippen LogP contribution < -0.4 is 15.8 Å². The van der Waals surface area contributed by atoms with Gasteiger partial charge in [0.15, 0.2) is 11.4 Å². The number of methoxy groups -OCH3 is 1. The Labute approximate surface area is 255 Å². The molecule has 11 nitrogen and oxygen atoms in total. The molecule has 0 saturated heterocycles. The maximum absolute atomic E-state index is 14.1. The Morgan fingerprint density at radius 3 is 2.41 bits per heavy atom. The minimum atomic E-state index is -2.68. The highest BCUT2D eigenvalue weighted by molar-refractivity contribution is 6.24. The van der Waals surface area contributed by atoms with Crippen LogP contribution in [0.4, 0.5) is 0 Å². The fourth-order valence-corrected chi connectivity index (χ4v) is 6.97. The van der Waals surface area contributed by atoms with Gasteiger partial charge in [-0.2, -0.15) is 0 Å². The summed E-state index contributed by atoms with van der Waals surface area (Å²) in [7, 11) is 4.79. The molecule has 0 unspecified atom stereocenters. The number of nitrogens with zero attached hydrogens (tertiary/aromatic N) is 1. The summed E-state index contributed by atoms with van der Waals surface area (Å²) in [5, 5.41) is 48.7. The van der Waals surface area contributed by atoms with E-state index < -0.39 is 58.0 Å². The number of aliphatic hydroxyl groups excluding tert-OH is 2. The summed E-state index contributed by atoms with van der Waals surface area (Å²) >= 11 is 0. The second kappa shape index (κ2) is 10.8. The number of primary amides is 1. The van der Waals surface area contributed by atoms with Crippen LogP contribution in [0.5, 0.6) is 11.5 Å². The lowest BCUT2D eigenvalue weighted by atomic mass is 9.58. The van der Waals surface area contributed by atoms with Gasteiger partial charge in [0.05, 0.1) is 18.7 Å². The summed E-state index contributed by atoms with van der Waals surface area (Å²) in [5.41, 5.74) is 4.46. The van der Waals surface area contributed by atoms with E-state index in [0.717, 1.165) is 11.1 Å². The van der Waals surface area contributed by atoms with Crippen LogP contribution in [0.15, 0.2) is 53.0 Å². The monoisotopic (exact) mass is 605 g/mol. The van der Waals surface area contributed by atoms with Crippen LogP contribution in [-0.4, -0.2) is 81.2 Å². The fraction of sp³-hybridized carbons (Fsp3) is 0.424. The number of nitrogens with one attached hydrogen (secondary N) is 1. The number of carbonyl (C=O) groups is 3. The average molecular weight is 606 g/mol. The second-order valence-corrected chi connectivity index (χ2v) is 13.1. The zero-order valence-electron chi connectivity index (χ0n) is 25.7. The normalized spacial score (nSPS) is 25.1. The van der Waals surface area contributed by atoms with Gasteiger partial charge in [-0.05, 0) is 88.5 Å². The Hall–Kier alpha value is -4.19. The van der Waals surface area contributed by atoms with Crippen molar-refractivity contribution in [2.24, 2.45) is 17.6 Å². The number of benzene rings is 2. The number of ether oxygens (including phenoxy) is 1. The molecule has 3 aliphatic carbocycles. The van der Waals surface area contributed by atoms with Gasteiger partial charge in [-0.25, -0.2) is 0 Å². The van der Waals surface area contributed by atoms with Crippen LogP contribution in [0.1, 0.15) is 48.7 Å². The van der Waals surface area contributed by atoms with Crippen molar-refractivity contribution in [3.05, 3.63) is 69.7 Å². The molecule has 0 spiro atoms. The Balaban J connectivity index is 1.66. The quantitative estimate of drug-likeness (QED) is 0.268. The molecule has 0 aliphatic heterocycles. The molecular weight excluding hydrogens is 566 g/mol. The number of ketones is 2. The van der Waals surface area contributed by atoms with Crippen molar-refractivity contribution in [1.82, 2.24) is 10.2 Å². The van der Waals surface area contributed by atoms with E-state index >= 15 is 0 Å². The summed E-state index contributed by atoms with van der Waals surface area (Å²) in [6.45, 7) is 6.69. The minimum Gasteiger partial charge on any atom is -0.510 e. The van der Waals surface area contributed by atoms with Gasteiger partial charge in [0.25, 0.3) is 5.91 Å². The summed E-state index contributed by atoms with van der Waals surface area (Å²) in [6.07, 6.45) is 0.212. The van der Waals surface area contributed by atoms with E-state index in [0.29, 0.717) is 23.4 Å². The summed E-state index contributed by atoms with van der Waals surface area (Å²) in [6, 6.07) is 7.77. The number of amides is 1. The van der Waals surface area contributed by atoms with E-state index in [4.69, 9.17) is 10.5 Å². The zero-order chi connectivity index (χ0) is 32.5. The first-order valence-corrected chi connectivity index (χ1v) is 14.4. The van der Waals surface area contributed by atoms with Crippen LogP contribution >= 0.6 is 0 Å². The van der Waals surface area contributed by atoms with Gasteiger partial charge in [-0.15, -0.1) is 0 Å². The Bertz CT molecular complexity index is 1650. The maximum atomic E-state index is 14.1. The van der Waals surface area contributed by atoms with Crippen molar-refractivity contribution in [3.8, 4) is 22.6 Å². The van der Waals surface area contributed by atoms with Crippen molar-refractivity contribution in [1.29, 1.82) is 0 Å². The third-order valence-corrected chi connectivity index (χ3v) is 9.01. The van der Waals surface area contributed by atoms with Crippen LogP contribution in [0.2, 0.25) is 0 Å². The number of fused-ring (bicyclic) bond motifs is 3. The number of nitrogens with two attached hydrogens (primary N) is 1. The first kappa shape index (κ1) is 31.2. The first-order chi connectivity index (χ1) is 20.5. The lowest BCUT2D eigenvalue weighted by Gasteiger charge is -2.50. The molecule has 44 heavy (non-hydrogen) atoms. The van der Waals surface area contributed by atoms with Gasteiger partial charge >= 0.3 is 0 Å². The number of allylic oxidation sites excluding steroid dienone is 1. The maximum Gasteiger partial charge on any atom is 0.255 e. The van der Waals surface area contributed by atoms with Gasteiger partial charge in [0.2, 0.25) is 5.78 Å². The van der Waals surface area contributed by atoms with Crippen LogP contribution in [0.25, 0.3) is 11.1 Å². The zero-order valence-corrected chi connectivity index (χ0v) is 25.7. The molecule has 1 amide bonds. The molecule has 0 fully saturated rings. The number of aliphatic hydroxyl groups is 3. The number of hydrogen-bond donors (Lipinski definition) is 6. The van der Waals surface area contributed by atoms with Gasteiger partial charge in [-0.1, -0.05) is 12.1 Å². The second-order valence-electron chi connectivity index (χ2n) is 13.1. The number of phenolic OH excluding ortho intramolecular Hbond substituents is 1. The van der Waals surface area contributed by atoms with E-state index in [1.165, 1.54) is 11.0 Å². The van der Waals surface area contributed by atoms with Crippen LogP contribution in [0, 0.1) is 11.8 Å². The number of Topliss-reactive ketones (excluding diaryl/α,β-unsaturated/α-hetero) is 2. The predicted octanol–water partition coefficient (Wildman–Crippen LogP) is 2.68. The summed E-state index contributed by atoms with van der Waals surface area (Å²) < 4.78 is 5.59. The largest absolute Gasteiger partial charge is 0.510 e. The molecule has 4 atom stereocenters. The highest BCUT2D eigenvalue weighted by Gasteiger charge is 2.63. The van der Waals surface area contributed by atoms with Crippen molar-refractivity contribution in [2.45, 2.75) is 57.3 Å². The molecule has 234 valence electrons. The SMILES string of the molecule is COc1ccc(-c2ccc(O)c3c2C[C@H]2C[C@H]4[C@H](N(C)C)C(O)=C(C(N)=O)C(=O)[C@@]4(O)C(O)=C2C3=O)cc1CNC(C)(C)C. The molecule has 0 saturated carbocycles. The summed E-state index contributed by atoms with van der Waals surface area (Å²) in [4.78, 5) is 41.3. The number of carbonyl (C=O) groups excluding carboxylic acids is 3. The predicted molar refractivity (Wildman–Crippen MR) is 162 cm³/mol. The van der Waals surface area contributed by atoms with E-state index in [1.54, 1.807) is 27.3 Å². The molecule has 0 heterocycles. The van der Waals surface area contributed by atoms with Gasteiger partial charge in [0.1, 0.15) is 28.6 Å². The number of phenols is 1. The first-order valence-electron chi connectivity index (χ1n) is 14.4. The van der Waals surface area contributed by atoms with E-state index in [9.17, 15) is 34.8 Å². The molecular formula is C33H39N3O8. The number of aromatic hydroxyl groups is 1. The number of rotatable bonds is 6. The lowest BCUT2D eigenvalue weighted by Crippen LogP contribution is -2.63. The standard InChI is InChI=1S/C33H39N3O8/c1-32(2,3)35-14-17-11-15(7-10-22(17)44-6)18-8-9-21(37)24-19(18)12-16-13-20-26(36(4)5)28(39)25(31(34)42)30(41)33(20,43)29(40)23(16)27(24)38/h7-11,16,20,26,35,37,39-40,43H,12-14H2,1-6H3,(H2,34,42)/t16-,20-,26-,33-/m0/s1. The van der Waals surface area contributed by atoms with E-state index in [-0.39, 0.29) is 35.3 Å². The molecule has 2 aromatic rings. The molecule has 7 N–H and O–H groups in total. The highest BCUT2D eigenvalue weighted by atomic mass is 16.5. The topological polar surface area (TPSA) is 183 Å². The van der Waals surface area contributed by atoms with Gasteiger partial charge < -0.3 is 36.2 Å². The van der Waals surface area contributed by atoms with Crippen molar-refractivity contribution < 1.29 is 39.5 Å². The van der Waals surface area contributed by atoms with Gasteiger partial charge in [0, 0.05) is 29.1 Å². The smallest absolute Gasteiger partial charge is 0.255 e. The van der Waals surface area contributed by atoms with Crippen LogP contribution in [0.3, 0.4) is 0 Å². The third-order valence-electron chi connectivity index (χ3n) is 9.01. The van der Waals surface area contributed by atoms with Crippen molar-refractivity contribution in [3.63, 3.8) is 0 Å². The van der Waals surface area contributed by atoms with Crippen molar-refractivity contribution >= 4 is 17.5 Å². The van der Waals surface area contributed by atoms with Gasteiger partial charge in [-0.3, -0.25) is 19.3 Å². The Morgan fingerprint density at radius 2 is 1.82 bits per heavy atom. The molecule has 2 aromatic carbocycles. The molecule has 3 aliphatic rings. The molecule has 0 radical (unpaired) electrons. The molecule has 11 heteroatoms. The van der Waals surface area contributed by atoms with E-state index in [1.807, 2.05) is 18.2 Å². The lowest BCUT2D eigenvalue weighted by molar-refractivity contribution is -0.148. The van der Waals surface area contributed by atoms with E-state index in [2.05, 4.69) is 26.1 Å². The fourth-order valence-electron chi connectivity index (χ4n) is 6.97. The highest BCUT2D eigenvalue weighted by Crippen LogP contribution is 2.53. The average Bonchev–Trinajstić information content (AvgIpc) is 2.93. The van der Waals surface area contributed by atoms with Crippen LogP contribution in [-0.2, 0) is 22.6 Å². The molecule has 5 rings (SSSR count). The number of likely N-dealkylation sites (N-methyl/N-ethyl adjacent to an activating group) is 1.